The van der Waals surface area contributed by atoms with Gasteiger partial charge in [0.15, 0.2) is 0 Å². The monoisotopic (exact) mass is 681 g/mol. The Kier molecular flexibility index (Phi) is 4.22. The predicted molar refractivity (Wildman–Crippen MR) is 219 cm³/mol. The summed E-state index contributed by atoms with van der Waals surface area (Å²) in [5, 5.41) is -0.724. The molecule has 1 aromatic heterocycles. The predicted octanol–water partition coefficient (Wildman–Crippen LogP) is 13.2. The molecule has 248 valence electrons. The molecular formula is C50H38N2. The van der Waals surface area contributed by atoms with Gasteiger partial charge in [-0.1, -0.05) is 148 Å². The van der Waals surface area contributed by atoms with Gasteiger partial charge < -0.3 is 0 Å². The van der Waals surface area contributed by atoms with Crippen LogP contribution in [0, 0.1) is 0 Å². The molecule has 0 bridgehead atoms. The third-order valence-corrected chi connectivity index (χ3v) is 10.2. The summed E-state index contributed by atoms with van der Waals surface area (Å²) in [4.78, 5) is 4.85. The summed E-state index contributed by atoms with van der Waals surface area (Å²) < 4.78 is 140. The Hall–Kier alpha value is -6.25. The fourth-order valence-corrected chi connectivity index (χ4v) is 7.72. The number of aromatic nitrogens is 2. The Morgan fingerprint density at radius 3 is 1.90 bits per heavy atom. The van der Waals surface area contributed by atoms with E-state index in [0.717, 1.165) is 28.1 Å². The van der Waals surface area contributed by atoms with Gasteiger partial charge in [0, 0.05) is 17.5 Å². The molecule has 0 unspecified atom stereocenters. The van der Waals surface area contributed by atoms with E-state index in [9.17, 15) is 9.60 Å². The van der Waals surface area contributed by atoms with Crippen LogP contribution in [-0.2, 0) is 11.8 Å². The zero-order chi connectivity index (χ0) is 48.0. The summed E-state index contributed by atoms with van der Waals surface area (Å²) >= 11 is 0. The van der Waals surface area contributed by atoms with E-state index in [1.54, 1.807) is 32.0 Å². The van der Waals surface area contributed by atoms with E-state index in [1.807, 2.05) is 61.5 Å². The second-order valence-corrected chi connectivity index (χ2v) is 13.5. The quantitative estimate of drug-likeness (QED) is 0.165. The van der Waals surface area contributed by atoms with Gasteiger partial charge in [0.25, 0.3) is 0 Å². The largest absolute Gasteiger partial charge is 0.296 e. The summed E-state index contributed by atoms with van der Waals surface area (Å²) in [5.74, 6) is 0.861. The standard InChI is InChI=1S/C50H38N2/c1-4-47-51-45-25-11-12-26-46(45)52(47)36-18-14-16-33(30-36)32-15-13-17-34(29-32)48-39-20-5-7-22-41(39)49(42-23-8-6-21-40(42)48)35-27-28-38-37-19-9-10-24-43(37)50(2,3)44(38)31-35/h5-31H,4H2,1-3H3/i5D,6D,7D,8D,9D,10D,19D,20D,21D,22D,23D,24D,27D,28D,31D. The first kappa shape index (κ1) is 18.8. The first-order valence-electron chi connectivity index (χ1n) is 24.6. The molecule has 1 aliphatic carbocycles. The average molecular weight is 682 g/mol. The first-order chi connectivity index (χ1) is 31.8. The van der Waals surface area contributed by atoms with Crippen LogP contribution in [0.25, 0.3) is 82.8 Å². The van der Waals surface area contributed by atoms with Gasteiger partial charge in [0.2, 0.25) is 0 Å². The minimum absolute atomic E-state index is 0.0203. The number of imidazole rings is 1. The van der Waals surface area contributed by atoms with Crippen LogP contribution in [0.5, 0.6) is 0 Å². The van der Waals surface area contributed by atoms with Crippen molar-refractivity contribution in [1.29, 1.82) is 0 Å². The number of rotatable bonds is 5. The van der Waals surface area contributed by atoms with Crippen LogP contribution >= 0.6 is 0 Å². The maximum Gasteiger partial charge on any atom is 0.114 e. The maximum absolute atomic E-state index is 9.94. The van der Waals surface area contributed by atoms with E-state index in [1.165, 1.54) is 0 Å². The summed E-state index contributed by atoms with van der Waals surface area (Å²) in [6.45, 7) is 5.32. The van der Waals surface area contributed by atoms with Crippen molar-refractivity contribution in [2.75, 3.05) is 0 Å². The van der Waals surface area contributed by atoms with Crippen molar-refractivity contribution < 1.29 is 20.6 Å². The van der Waals surface area contributed by atoms with Crippen molar-refractivity contribution in [3.63, 3.8) is 0 Å². The minimum atomic E-state index is -1.36. The van der Waals surface area contributed by atoms with Crippen molar-refractivity contribution in [2.24, 2.45) is 0 Å². The number of hydrogen-bond acceptors (Lipinski definition) is 1. The van der Waals surface area contributed by atoms with E-state index >= 15 is 0 Å². The molecule has 9 aromatic rings. The Bertz CT molecular complexity index is 3640. The van der Waals surface area contributed by atoms with Gasteiger partial charge >= 0.3 is 0 Å². The zero-order valence-corrected chi connectivity index (χ0v) is 28.5. The molecule has 1 heterocycles. The number of aryl methyl sites for hydroxylation is 1. The molecular weight excluding hydrogens is 629 g/mol. The van der Waals surface area contributed by atoms with E-state index in [2.05, 4.69) is 4.57 Å². The summed E-state index contributed by atoms with van der Waals surface area (Å²) in [5.41, 5.74) is 2.66. The molecule has 0 amide bonds. The number of para-hydroxylation sites is 2. The van der Waals surface area contributed by atoms with Gasteiger partial charge in [0.1, 0.15) is 5.82 Å². The van der Waals surface area contributed by atoms with E-state index in [0.29, 0.717) is 17.5 Å². The topological polar surface area (TPSA) is 17.8 Å². The minimum Gasteiger partial charge on any atom is -0.296 e. The highest BCUT2D eigenvalue weighted by molar-refractivity contribution is 6.21. The fourth-order valence-electron chi connectivity index (χ4n) is 7.72. The number of benzene rings is 8. The lowest BCUT2D eigenvalue weighted by Crippen LogP contribution is -2.14. The van der Waals surface area contributed by atoms with E-state index in [-0.39, 0.29) is 66.5 Å². The number of fused-ring (bicyclic) bond motifs is 6. The van der Waals surface area contributed by atoms with Crippen LogP contribution in [-0.4, -0.2) is 9.55 Å². The third-order valence-electron chi connectivity index (χ3n) is 10.2. The lowest BCUT2D eigenvalue weighted by Gasteiger charge is -2.23. The number of nitrogens with zero attached hydrogens (tertiary/aromatic N) is 2. The molecule has 52 heavy (non-hydrogen) atoms. The fraction of sp³-hybridized carbons (Fsp3) is 0.100. The van der Waals surface area contributed by atoms with Crippen molar-refractivity contribution in [3.05, 3.63) is 180 Å². The van der Waals surface area contributed by atoms with Gasteiger partial charge in [-0.15, -0.1) is 0 Å². The molecule has 0 fully saturated rings. The first-order valence-corrected chi connectivity index (χ1v) is 17.1. The molecule has 0 radical (unpaired) electrons. The lowest BCUT2D eigenvalue weighted by molar-refractivity contribution is 0.660. The van der Waals surface area contributed by atoms with Gasteiger partial charge in [-0.2, -0.15) is 0 Å². The summed E-state index contributed by atoms with van der Waals surface area (Å²) in [6, 6.07) is 14.5. The van der Waals surface area contributed by atoms with Gasteiger partial charge in [0.05, 0.1) is 31.6 Å². The zero-order valence-electron chi connectivity index (χ0n) is 43.5. The molecule has 0 saturated heterocycles. The maximum atomic E-state index is 9.94. The molecule has 1 aliphatic rings. The van der Waals surface area contributed by atoms with E-state index < -0.39 is 90.0 Å². The highest BCUT2D eigenvalue weighted by Gasteiger charge is 2.35. The lowest BCUT2D eigenvalue weighted by atomic mass is 9.80. The highest BCUT2D eigenvalue weighted by atomic mass is 15.1. The molecule has 0 aliphatic heterocycles. The average Bonchev–Trinajstić information content (AvgIpc) is 3.83. The molecule has 0 spiro atoms. The van der Waals surface area contributed by atoms with Crippen molar-refractivity contribution >= 4 is 32.6 Å². The van der Waals surface area contributed by atoms with Gasteiger partial charge in [-0.3, -0.25) is 4.57 Å². The van der Waals surface area contributed by atoms with Crippen molar-refractivity contribution in [2.45, 2.75) is 32.6 Å². The SMILES string of the molecule is [2H]c1c([2H])c([2H])c2c(c1[2H])-c1c([2H])c([2H])c(-c3c4c([2H])c([2H])c([2H])c([2H])c4c(-c4cccc(-c5cccc(-n6c(CC)nc7ccccc76)c5)c4)c4c([2H])c([2H])c([2H])c([2H])c34)c([2H])c1C2(C)C. The van der Waals surface area contributed by atoms with Crippen LogP contribution < -0.4 is 0 Å². The van der Waals surface area contributed by atoms with Crippen LogP contribution in [0.3, 0.4) is 0 Å². The molecule has 0 N–H and O–H groups in total. The van der Waals surface area contributed by atoms with Crippen LogP contribution in [0.15, 0.2) is 163 Å². The highest BCUT2D eigenvalue weighted by Crippen LogP contribution is 2.51. The Balaban J connectivity index is 1.33. The molecule has 10 rings (SSSR count). The van der Waals surface area contributed by atoms with Crippen molar-refractivity contribution in [3.8, 4) is 50.2 Å². The van der Waals surface area contributed by atoms with Gasteiger partial charge in [-0.05, 0) is 114 Å². The summed E-state index contributed by atoms with van der Waals surface area (Å²) in [6.07, 6.45) is 0.669. The molecule has 8 aromatic carbocycles. The van der Waals surface area contributed by atoms with Crippen molar-refractivity contribution in [1.82, 2.24) is 9.55 Å². The molecule has 2 nitrogen and oxygen atoms in total. The smallest absolute Gasteiger partial charge is 0.114 e. The second kappa shape index (κ2) is 11.6. The van der Waals surface area contributed by atoms with Crippen LogP contribution in [0.2, 0.25) is 0 Å². The molecule has 2 heteroatoms. The normalized spacial score (nSPS) is 17.2. The second-order valence-electron chi connectivity index (χ2n) is 13.5. The third kappa shape index (κ3) is 4.54. The van der Waals surface area contributed by atoms with Crippen LogP contribution in [0.4, 0.5) is 0 Å². The Morgan fingerprint density at radius 2 is 1.17 bits per heavy atom. The Morgan fingerprint density at radius 1 is 0.577 bits per heavy atom. The van der Waals surface area contributed by atoms with Gasteiger partial charge in [-0.25, -0.2) is 4.98 Å². The molecule has 0 atom stereocenters. The van der Waals surface area contributed by atoms with E-state index in [4.69, 9.17) is 16.0 Å². The Labute approximate surface area is 325 Å². The summed E-state index contributed by atoms with van der Waals surface area (Å²) in [7, 11) is 0. The number of hydrogen-bond donors (Lipinski definition) is 0. The molecule has 0 saturated carbocycles. The van der Waals surface area contributed by atoms with Crippen LogP contribution in [0.1, 0.15) is 58.3 Å².